The van der Waals surface area contributed by atoms with Crippen LogP contribution in [0.15, 0.2) is 35.5 Å². The number of amides is 2. The van der Waals surface area contributed by atoms with Crippen LogP contribution in [0, 0.1) is 0 Å². The van der Waals surface area contributed by atoms with Gasteiger partial charge in [0, 0.05) is 12.7 Å². The molecule has 0 aromatic heterocycles. The van der Waals surface area contributed by atoms with Crippen molar-refractivity contribution < 1.29 is 19.1 Å². The number of ether oxygens (including phenoxy) is 2. The maximum Gasteiger partial charge on any atom is 0.338 e. The van der Waals surface area contributed by atoms with Gasteiger partial charge in [0.25, 0.3) is 0 Å². The van der Waals surface area contributed by atoms with Crippen molar-refractivity contribution in [3.05, 3.63) is 41.1 Å². The summed E-state index contributed by atoms with van der Waals surface area (Å²) in [5.74, 6) is 0.324. The number of nitrogens with zero attached hydrogens (tertiary/aromatic N) is 1. The van der Waals surface area contributed by atoms with Crippen LogP contribution in [0.2, 0.25) is 0 Å². The molecule has 0 fully saturated rings. The summed E-state index contributed by atoms with van der Waals surface area (Å²) in [5.41, 5.74) is 1.83. The van der Waals surface area contributed by atoms with E-state index in [2.05, 4.69) is 5.32 Å². The van der Waals surface area contributed by atoms with Gasteiger partial charge in [0.15, 0.2) is 0 Å². The third-order valence-electron chi connectivity index (χ3n) is 3.77. The average Bonchev–Trinajstić information content (AvgIpc) is 2.53. The maximum atomic E-state index is 12.3. The summed E-state index contributed by atoms with van der Waals surface area (Å²) in [4.78, 5) is 25.8. The summed E-state index contributed by atoms with van der Waals surface area (Å²) in [7, 11) is 1.62. The second-order valence-electron chi connectivity index (χ2n) is 5.16. The van der Waals surface area contributed by atoms with Crippen LogP contribution in [0.1, 0.15) is 32.4 Å². The van der Waals surface area contributed by atoms with Crippen molar-refractivity contribution in [2.75, 3.05) is 20.3 Å². The first-order valence-corrected chi connectivity index (χ1v) is 7.64. The molecule has 0 spiro atoms. The number of esters is 1. The monoisotopic (exact) mass is 318 g/mol. The minimum absolute atomic E-state index is 0.255. The summed E-state index contributed by atoms with van der Waals surface area (Å²) in [6.45, 7) is 6.27. The minimum atomic E-state index is -0.534. The summed E-state index contributed by atoms with van der Waals surface area (Å²) in [6, 6.07) is 6.53. The summed E-state index contributed by atoms with van der Waals surface area (Å²) in [6.07, 6.45) is 0. The summed E-state index contributed by atoms with van der Waals surface area (Å²) < 4.78 is 10.6. The molecule has 6 nitrogen and oxygen atoms in total. The molecule has 1 aromatic rings. The number of hydrogen-bond acceptors (Lipinski definition) is 4. The zero-order chi connectivity index (χ0) is 17.0. The second-order valence-corrected chi connectivity index (χ2v) is 5.16. The topological polar surface area (TPSA) is 67.9 Å². The number of nitrogens with one attached hydrogen (secondary N) is 1. The van der Waals surface area contributed by atoms with Crippen LogP contribution >= 0.6 is 0 Å². The largest absolute Gasteiger partial charge is 0.494 e. The van der Waals surface area contributed by atoms with Gasteiger partial charge >= 0.3 is 12.0 Å². The molecule has 124 valence electrons. The van der Waals surface area contributed by atoms with Gasteiger partial charge in [-0.3, -0.25) is 0 Å². The van der Waals surface area contributed by atoms with Crippen molar-refractivity contribution in [3.8, 4) is 5.75 Å². The highest BCUT2D eigenvalue weighted by molar-refractivity contribution is 5.94. The molecule has 1 atom stereocenters. The molecule has 6 heteroatoms. The van der Waals surface area contributed by atoms with Crippen LogP contribution in [0.4, 0.5) is 4.79 Å². The lowest BCUT2D eigenvalue weighted by atomic mass is 9.95. The molecule has 1 heterocycles. The minimum Gasteiger partial charge on any atom is -0.494 e. The van der Waals surface area contributed by atoms with Gasteiger partial charge in [-0.1, -0.05) is 12.1 Å². The van der Waals surface area contributed by atoms with Crippen LogP contribution < -0.4 is 10.1 Å². The van der Waals surface area contributed by atoms with E-state index < -0.39 is 12.0 Å². The predicted molar refractivity (Wildman–Crippen MR) is 86.0 cm³/mol. The van der Waals surface area contributed by atoms with E-state index in [1.54, 1.807) is 20.9 Å². The molecular formula is C17H22N2O4. The highest BCUT2D eigenvalue weighted by Gasteiger charge is 2.34. The zero-order valence-corrected chi connectivity index (χ0v) is 13.9. The van der Waals surface area contributed by atoms with Crippen molar-refractivity contribution >= 4 is 12.0 Å². The van der Waals surface area contributed by atoms with Crippen molar-refractivity contribution in [2.45, 2.75) is 26.8 Å². The molecule has 2 rings (SSSR count). The Balaban J connectivity index is 2.40. The van der Waals surface area contributed by atoms with E-state index in [0.29, 0.717) is 17.9 Å². The normalized spacial score (nSPS) is 17.8. The molecule has 1 aliphatic heterocycles. The lowest BCUT2D eigenvalue weighted by molar-refractivity contribution is -0.139. The number of carbonyl (C=O) groups excluding carboxylic acids is 2. The third kappa shape index (κ3) is 3.47. The molecular weight excluding hydrogens is 296 g/mol. The Morgan fingerprint density at radius 1 is 1.22 bits per heavy atom. The van der Waals surface area contributed by atoms with Crippen LogP contribution in [0.25, 0.3) is 0 Å². The Bertz CT molecular complexity index is 622. The van der Waals surface area contributed by atoms with Crippen LogP contribution in [-0.4, -0.2) is 37.2 Å². The zero-order valence-electron chi connectivity index (χ0n) is 13.9. The highest BCUT2D eigenvalue weighted by atomic mass is 16.5. The highest BCUT2D eigenvalue weighted by Crippen LogP contribution is 2.31. The number of benzene rings is 1. The van der Waals surface area contributed by atoms with Gasteiger partial charge < -0.3 is 19.7 Å². The second kappa shape index (κ2) is 7.17. The Hall–Kier alpha value is -2.50. The van der Waals surface area contributed by atoms with Gasteiger partial charge in [-0.15, -0.1) is 0 Å². The summed E-state index contributed by atoms with van der Waals surface area (Å²) in [5, 5.41) is 2.84. The summed E-state index contributed by atoms with van der Waals surface area (Å²) >= 11 is 0. The number of urea groups is 1. The van der Waals surface area contributed by atoms with Crippen molar-refractivity contribution in [1.29, 1.82) is 0 Å². The van der Waals surface area contributed by atoms with Crippen molar-refractivity contribution in [2.24, 2.45) is 0 Å². The predicted octanol–water partition coefficient (Wildman–Crippen LogP) is 2.62. The Morgan fingerprint density at radius 3 is 2.43 bits per heavy atom. The molecule has 2 amide bonds. The SMILES string of the molecule is CCOC(=O)C1=C(C)N(C)C(=O)N[C@H]1c1ccc(OCC)cc1. The molecule has 0 aliphatic carbocycles. The Kier molecular flexibility index (Phi) is 5.26. The standard InChI is InChI=1S/C17H22N2O4/c1-5-22-13-9-7-12(8-10-13)15-14(16(20)23-6-2)11(3)19(4)17(21)18-15/h7-10,15H,5-6H2,1-4H3,(H,18,21)/t15-/m0/s1. The van der Waals surface area contributed by atoms with E-state index in [4.69, 9.17) is 9.47 Å². The number of carbonyl (C=O) groups is 2. The van der Waals surface area contributed by atoms with Crippen molar-refractivity contribution in [3.63, 3.8) is 0 Å². The van der Waals surface area contributed by atoms with Gasteiger partial charge in [-0.05, 0) is 38.5 Å². The fourth-order valence-electron chi connectivity index (χ4n) is 2.48. The molecule has 1 aromatic carbocycles. The average molecular weight is 318 g/mol. The molecule has 0 unspecified atom stereocenters. The first-order valence-electron chi connectivity index (χ1n) is 7.64. The van der Waals surface area contributed by atoms with Gasteiger partial charge in [0.05, 0.1) is 24.8 Å². The van der Waals surface area contributed by atoms with Gasteiger partial charge in [0.2, 0.25) is 0 Å². The molecule has 0 saturated heterocycles. The molecule has 0 saturated carbocycles. The van der Waals surface area contributed by atoms with Gasteiger partial charge in [-0.2, -0.15) is 0 Å². The first kappa shape index (κ1) is 16.9. The molecule has 0 bridgehead atoms. The fraction of sp³-hybridized carbons (Fsp3) is 0.412. The maximum absolute atomic E-state index is 12.3. The third-order valence-corrected chi connectivity index (χ3v) is 3.77. The quantitative estimate of drug-likeness (QED) is 0.847. The van der Waals surface area contributed by atoms with Gasteiger partial charge in [-0.25, -0.2) is 9.59 Å². The van der Waals surface area contributed by atoms with E-state index in [0.717, 1.165) is 11.3 Å². The number of allylic oxidation sites excluding steroid dienone is 1. The van der Waals surface area contributed by atoms with E-state index >= 15 is 0 Å². The number of hydrogen-bond donors (Lipinski definition) is 1. The lowest BCUT2D eigenvalue weighted by Gasteiger charge is -2.33. The Morgan fingerprint density at radius 2 is 1.87 bits per heavy atom. The molecule has 1 N–H and O–H groups in total. The first-order chi connectivity index (χ1) is 11.0. The molecule has 1 aliphatic rings. The van der Waals surface area contributed by atoms with Crippen molar-refractivity contribution in [1.82, 2.24) is 10.2 Å². The number of rotatable bonds is 5. The fourth-order valence-corrected chi connectivity index (χ4v) is 2.48. The van der Waals surface area contributed by atoms with E-state index in [1.165, 1.54) is 4.90 Å². The lowest BCUT2D eigenvalue weighted by Crippen LogP contribution is -2.46. The molecule has 23 heavy (non-hydrogen) atoms. The van der Waals surface area contributed by atoms with Gasteiger partial charge in [0.1, 0.15) is 5.75 Å². The Labute approximate surface area is 136 Å². The van der Waals surface area contributed by atoms with E-state index in [-0.39, 0.29) is 12.6 Å². The molecule has 0 radical (unpaired) electrons. The van der Waals surface area contributed by atoms with Crippen LogP contribution in [0.3, 0.4) is 0 Å². The van der Waals surface area contributed by atoms with E-state index in [9.17, 15) is 9.59 Å². The van der Waals surface area contributed by atoms with E-state index in [1.807, 2.05) is 31.2 Å². The van der Waals surface area contributed by atoms with Crippen LogP contribution in [0.5, 0.6) is 5.75 Å². The smallest absolute Gasteiger partial charge is 0.338 e. The van der Waals surface area contributed by atoms with Crippen LogP contribution in [-0.2, 0) is 9.53 Å².